The summed E-state index contributed by atoms with van der Waals surface area (Å²) in [6, 6.07) is 22.0. The second-order valence-corrected chi connectivity index (χ2v) is 9.08. The Hall–Kier alpha value is -4.37. The lowest BCUT2D eigenvalue weighted by Crippen LogP contribution is -2.44. The summed E-state index contributed by atoms with van der Waals surface area (Å²) in [7, 11) is 0. The van der Waals surface area contributed by atoms with Crippen LogP contribution in [0.2, 0.25) is 0 Å². The van der Waals surface area contributed by atoms with Gasteiger partial charge in [-0.25, -0.2) is 4.79 Å². The molecule has 190 valence electrons. The molecule has 3 aromatic carbocycles. The summed E-state index contributed by atoms with van der Waals surface area (Å²) in [4.78, 5) is 26.3. The highest BCUT2D eigenvalue weighted by Crippen LogP contribution is 2.23. The summed E-state index contributed by atoms with van der Waals surface area (Å²) in [5, 5.41) is 14.3. The fourth-order valence-electron chi connectivity index (χ4n) is 4.52. The average molecular weight is 499 g/mol. The number of aromatic nitrogens is 2. The van der Waals surface area contributed by atoms with Crippen molar-refractivity contribution in [2.45, 2.75) is 32.5 Å². The van der Waals surface area contributed by atoms with Gasteiger partial charge >= 0.3 is 6.03 Å². The predicted octanol–water partition coefficient (Wildman–Crippen LogP) is 5.03. The van der Waals surface area contributed by atoms with Gasteiger partial charge < -0.3 is 20.7 Å². The molecule has 3 amide bonds. The first-order chi connectivity index (χ1) is 18.0. The fourth-order valence-corrected chi connectivity index (χ4v) is 4.52. The lowest BCUT2D eigenvalue weighted by Gasteiger charge is -2.24. The van der Waals surface area contributed by atoms with Gasteiger partial charge in [-0.2, -0.15) is 5.10 Å². The molecular formula is C28H30N6O3. The number of fused-ring (bicyclic) bond motifs is 1. The zero-order valence-electron chi connectivity index (χ0n) is 20.7. The van der Waals surface area contributed by atoms with Crippen molar-refractivity contribution in [3.05, 3.63) is 79.0 Å². The molecule has 0 spiro atoms. The van der Waals surface area contributed by atoms with Gasteiger partial charge in [-0.05, 0) is 67.4 Å². The van der Waals surface area contributed by atoms with Gasteiger partial charge in [-0.1, -0.05) is 18.2 Å². The van der Waals surface area contributed by atoms with Crippen LogP contribution in [0.25, 0.3) is 10.9 Å². The molecule has 1 atom stereocenters. The third-order valence-corrected chi connectivity index (χ3v) is 6.25. The van der Waals surface area contributed by atoms with Gasteiger partial charge in [0.1, 0.15) is 11.5 Å². The molecule has 0 saturated carbocycles. The molecule has 1 aliphatic heterocycles. The number of rotatable bonds is 8. The Labute approximate surface area is 215 Å². The van der Waals surface area contributed by atoms with Gasteiger partial charge in [-0.15, -0.1) is 0 Å². The molecule has 37 heavy (non-hydrogen) atoms. The number of likely N-dealkylation sites (tertiary alicyclic amines) is 1. The average Bonchev–Trinajstić information content (AvgIpc) is 3.50. The summed E-state index contributed by atoms with van der Waals surface area (Å²) in [6.45, 7) is 4.05. The Bertz CT molecular complexity index is 1370. The summed E-state index contributed by atoms with van der Waals surface area (Å²) in [6.07, 6.45) is 4.13. The van der Waals surface area contributed by atoms with Gasteiger partial charge in [-0.3, -0.25) is 14.4 Å². The summed E-state index contributed by atoms with van der Waals surface area (Å²) in [5.74, 6) is 1.44. The third-order valence-electron chi connectivity index (χ3n) is 6.25. The molecule has 1 aliphatic rings. The lowest BCUT2D eigenvalue weighted by atomic mass is 10.2. The smallest absolute Gasteiger partial charge is 0.323 e. The van der Waals surface area contributed by atoms with E-state index in [0.29, 0.717) is 17.1 Å². The van der Waals surface area contributed by atoms with Crippen LogP contribution in [0.3, 0.4) is 0 Å². The zero-order valence-corrected chi connectivity index (χ0v) is 20.7. The van der Waals surface area contributed by atoms with Gasteiger partial charge in [0.15, 0.2) is 0 Å². The Morgan fingerprint density at radius 2 is 1.68 bits per heavy atom. The zero-order chi connectivity index (χ0) is 25.6. The van der Waals surface area contributed by atoms with Gasteiger partial charge in [0.2, 0.25) is 5.91 Å². The van der Waals surface area contributed by atoms with Crippen LogP contribution in [0, 0.1) is 0 Å². The number of urea groups is 1. The number of carbonyl (C=O) groups excluding carboxylic acids is 2. The minimum Gasteiger partial charge on any atom is -0.457 e. The predicted molar refractivity (Wildman–Crippen MR) is 144 cm³/mol. The molecule has 1 saturated heterocycles. The van der Waals surface area contributed by atoms with Crippen molar-refractivity contribution in [3.8, 4) is 11.5 Å². The summed E-state index contributed by atoms with van der Waals surface area (Å²) < 4.78 is 7.70. The van der Waals surface area contributed by atoms with Gasteiger partial charge in [0.05, 0.1) is 18.2 Å². The Morgan fingerprint density at radius 1 is 0.946 bits per heavy atom. The number of para-hydroxylation sites is 1. The number of ether oxygens (including phenoxy) is 1. The number of hydrogen-bond acceptors (Lipinski definition) is 5. The van der Waals surface area contributed by atoms with Crippen molar-refractivity contribution in [1.82, 2.24) is 20.0 Å². The van der Waals surface area contributed by atoms with Crippen molar-refractivity contribution < 1.29 is 14.3 Å². The van der Waals surface area contributed by atoms with E-state index < -0.39 is 0 Å². The van der Waals surface area contributed by atoms with Gasteiger partial charge in [0, 0.05) is 43.0 Å². The molecule has 1 aromatic heterocycles. The van der Waals surface area contributed by atoms with E-state index in [1.165, 1.54) is 0 Å². The van der Waals surface area contributed by atoms with E-state index in [2.05, 4.69) is 25.9 Å². The monoisotopic (exact) mass is 498 g/mol. The number of nitrogens with one attached hydrogen (secondary N) is 3. The Morgan fingerprint density at radius 3 is 2.46 bits per heavy atom. The van der Waals surface area contributed by atoms with Crippen molar-refractivity contribution in [3.63, 3.8) is 0 Å². The van der Waals surface area contributed by atoms with Crippen LogP contribution in [0.5, 0.6) is 11.5 Å². The maximum atomic E-state index is 12.5. The lowest BCUT2D eigenvalue weighted by molar-refractivity contribution is -0.120. The van der Waals surface area contributed by atoms with Crippen LogP contribution in [-0.4, -0.2) is 45.9 Å². The number of hydrogen-bond donors (Lipinski definition) is 3. The molecule has 5 rings (SSSR count). The molecule has 0 radical (unpaired) electrons. The largest absolute Gasteiger partial charge is 0.457 e. The Kier molecular flexibility index (Phi) is 7.32. The van der Waals surface area contributed by atoms with E-state index in [1.54, 1.807) is 19.1 Å². The van der Waals surface area contributed by atoms with E-state index >= 15 is 0 Å². The van der Waals surface area contributed by atoms with Gasteiger partial charge in [0.25, 0.3) is 0 Å². The minimum atomic E-state index is -0.332. The molecule has 3 N–H and O–H groups in total. The second-order valence-electron chi connectivity index (χ2n) is 9.08. The normalized spacial score (nSPS) is 15.4. The van der Waals surface area contributed by atoms with Crippen molar-refractivity contribution in [2.75, 3.05) is 23.7 Å². The maximum absolute atomic E-state index is 12.5. The number of nitrogens with zero attached hydrogens (tertiary/aromatic N) is 3. The van der Waals surface area contributed by atoms with Crippen LogP contribution in [0.1, 0.15) is 19.8 Å². The van der Waals surface area contributed by atoms with Crippen molar-refractivity contribution in [2.24, 2.45) is 0 Å². The van der Waals surface area contributed by atoms with E-state index in [9.17, 15) is 9.59 Å². The summed E-state index contributed by atoms with van der Waals surface area (Å²) in [5.41, 5.74) is 2.20. The second kappa shape index (κ2) is 11.1. The van der Waals surface area contributed by atoms with Crippen LogP contribution in [-0.2, 0) is 11.3 Å². The molecule has 9 heteroatoms. The fraction of sp³-hybridized carbons (Fsp3) is 0.250. The van der Waals surface area contributed by atoms with Crippen LogP contribution in [0.4, 0.5) is 16.2 Å². The van der Waals surface area contributed by atoms with E-state index in [-0.39, 0.29) is 18.1 Å². The number of carbonyl (C=O) groups is 2. The number of benzene rings is 3. The first kappa shape index (κ1) is 24.3. The molecular weight excluding hydrogens is 468 g/mol. The highest BCUT2D eigenvalue weighted by atomic mass is 16.5. The first-order valence-corrected chi connectivity index (χ1v) is 12.4. The van der Waals surface area contributed by atoms with E-state index in [4.69, 9.17) is 4.74 Å². The minimum absolute atomic E-state index is 0.000108. The highest BCUT2D eigenvalue weighted by Gasteiger charge is 2.24. The third kappa shape index (κ3) is 6.45. The maximum Gasteiger partial charge on any atom is 0.323 e. The Balaban J connectivity index is 1.15. The molecule has 0 bridgehead atoms. The van der Waals surface area contributed by atoms with Crippen LogP contribution >= 0.6 is 0 Å². The molecule has 9 nitrogen and oxygen atoms in total. The van der Waals surface area contributed by atoms with Crippen molar-refractivity contribution >= 4 is 34.2 Å². The molecule has 0 aliphatic carbocycles. The number of anilines is 2. The molecule has 2 heterocycles. The SMILES string of the molecule is CC(=O)N[C@@H]1CCCN1CCn1cc2cc(NC(=O)Nc3ccc(Oc4ccccc4)cc3)ccc2n1. The highest BCUT2D eigenvalue weighted by molar-refractivity contribution is 6.00. The first-order valence-electron chi connectivity index (χ1n) is 12.4. The van der Waals surface area contributed by atoms with Crippen molar-refractivity contribution in [1.29, 1.82) is 0 Å². The molecule has 1 fully saturated rings. The quantitative estimate of drug-likeness (QED) is 0.316. The van der Waals surface area contributed by atoms with Crippen LogP contribution in [0.15, 0.2) is 79.0 Å². The molecule has 0 unspecified atom stereocenters. The standard InChI is InChI=1S/C28H30N6O3/c1-20(35)29-27-8-5-15-33(27)16-17-34-19-21-18-23(11-14-26(21)32-34)31-28(36)30-22-9-12-25(13-10-22)37-24-6-3-2-4-7-24/h2-4,6-7,9-14,18-19,27H,5,8,15-17H2,1H3,(H,29,35)(H2,30,31,36)/t27-/m0/s1. The topological polar surface area (TPSA) is 101 Å². The summed E-state index contributed by atoms with van der Waals surface area (Å²) >= 11 is 0. The van der Waals surface area contributed by atoms with E-state index in [0.717, 1.165) is 49.1 Å². The van der Waals surface area contributed by atoms with Crippen LogP contribution < -0.4 is 20.7 Å². The number of amides is 3. The molecule has 4 aromatic rings. The van der Waals surface area contributed by atoms with E-state index in [1.807, 2.05) is 71.5 Å².